The van der Waals surface area contributed by atoms with Crippen LogP contribution in [0, 0.1) is 30.9 Å². The molecule has 3 aliphatic rings. The van der Waals surface area contributed by atoms with Gasteiger partial charge in [0, 0.05) is 42.3 Å². The Morgan fingerprint density at radius 2 is 1.48 bits per heavy atom. The Hall–Kier alpha value is -5.84. The van der Waals surface area contributed by atoms with E-state index in [-0.39, 0.29) is 35.1 Å². The Kier molecular flexibility index (Phi) is 8.30. The molecule has 2 amide bonds. The van der Waals surface area contributed by atoms with Crippen molar-refractivity contribution in [2.75, 3.05) is 16.9 Å². The SMILES string of the molecule is COC(=O)[C@@H]1Cc2ccccc2N1C(=O)c1cc(C)c(C)cc1[N+](=O)[O-].Cc1cc2c(cc1O)CC(=O)[C@@H]1Cc3ccccc3N1C2=O. The normalized spacial score (nSPS) is 17.3. The minimum atomic E-state index is -0.842. The van der Waals surface area contributed by atoms with Gasteiger partial charge in [0.15, 0.2) is 5.78 Å². The van der Waals surface area contributed by atoms with Crippen LogP contribution < -0.4 is 9.80 Å². The number of nitro benzene ring substituents is 1. The second kappa shape index (κ2) is 12.4. The van der Waals surface area contributed by atoms with Gasteiger partial charge in [-0.05, 0) is 84.5 Å². The number of nitro groups is 1. The summed E-state index contributed by atoms with van der Waals surface area (Å²) >= 11 is 0. The van der Waals surface area contributed by atoms with Gasteiger partial charge in [0.05, 0.1) is 12.0 Å². The van der Waals surface area contributed by atoms with Crippen molar-refractivity contribution < 1.29 is 33.9 Å². The van der Waals surface area contributed by atoms with E-state index in [0.717, 1.165) is 27.9 Å². The predicted octanol–water partition coefficient (Wildman–Crippen LogP) is 5.35. The molecular weight excluding hydrogens is 614 g/mol. The Bertz CT molecular complexity index is 2040. The van der Waals surface area contributed by atoms with E-state index in [1.54, 1.807) is 49.9 Å². The van der Waals surface area contributed by atoms with Gasteiger partial charge in [-0.25, -0.2) is 4.79 Å². The molecular formula is C37H33N3O8. The van der Waals surface area contributed by atoms with Crippen LogP contribution in [-0.4, -0.2) is 52.8 Å². The van der Waals surface area contributed by atoms with E-state index in [9.17, 15) is 34.4 Å². The molecule has 4 aromatic carbocycles. The summed E-state index contributed by atoms with van der Waals surface area (Å²) in [6.07, 6.45) is 1.07. The van der Waals surface area contributed by atoms with Crippen LogP contribution in [-0.2, 0) is 33.6 Å². The van der Waals surface area contributed by atoms with Crippen LogP contribution in [0.25, 0.3) is 0 Å². The predicted molar refractivity (Wildman–Crippen MR) is 178 cm³/mol. The molecule has 48 heavy (non-hydrogen) atoms. The number of aromatic hydroxyl groups is 1. The number of aryl methyl sites for hydroxylation is 3. The third-order valence-electron chi connectivity index (χ3n) is 9.29. The number of phenols is 1. The molecule has 7 rings (SSSR count). The molecule has 0 fully saturated rings. The highest BCUT2D eigenvalue weighted by atomic mass is 16.6. The maximum Gasteiger partial charge on any atom is 0.329 e. The smallest absolute Gasteiger partial charge is 0.329 e. The first-order valence-corrected chi connectivity index (χ1v) is 15.4. The lowest BCUT2D eigenvalue weighted by atomic mass is 9.97. The van der Waals surface area contributed by atoms with Gasteiger partial charge < -0.3 is 9.84 Å². The molecule has 244 valence electrons. The highest BCUT2D eigenvalue weighted by Gasteiger charge is 2.42. The zero-order valence-corrected chi connectivity index (χ0v) is 26.9. The molecule has 0 saturated heterocycles. The number of amides is 2. The number of rotatable bonds is 3. The Labute approximate surface area is 276 Å². The van der Waals surface area contributed by atoms with Crippen LogP contribution in [0.1, 0.15) is 54.1 Å². The fourth-order valence-corrected chi connectivity index (χ4v) is 6.63. The van der Waals surface area contributed by atoms with E-state index in [0.29, 0.717) is 35.2 Å². The van der Waals surface area contributed by atoms with E-state index in [2.05, 4.69) is 0 Å². The number of phenolic OH excluding ortho intramolecular Hbond substituents is 1. The van der Waals surface area contributed by atoms with Crippen molar-refractivity contribution in [3.8, 4) is 5.75 Å². The number of nitrogens with zero attached hydrogens (tertiary/aromatic N) is 3. The van der Waals surface area contributed by atoms with E-state index in [4.69, 9.17) is 4.74 Å². The lowest BCUT2D eigenvalue weighted by molar-refractivity contribution is -0.385. The van der Waals surface area contributed by atoms with Crippen molar-refractivity contribution >= 4 is 40.6 Å². The second-order valence-corrected chi connectivity index (χ2v) is 12.2. The topological polar surface area (TPSA) is 147 Å². The van der Waals surface area contributed by atoms with Crippen molar-refractivity contribution in [1.82, 2.24) is 0 Å². The Morgan fingerprint density at radius 3 is 2.15 bits per heavy atom. The lowest BCUT2D eigenvalue weighted by Gasteiger charge is -2.24. The van der Waals surface area contributed by atoms with E-state index in [1.165, 1.54) is 24.1 Å². The van der Waals surface area contributed by atoms with E-state index >= 15 is 0 Å². The van der Waals surface area contributed by atoms with Gasteiger partial charge in [-0.15, -0.1) is 0 Å². The molecule has 4 aromatic rings. The molecule has 0 bridgehead atoms. The summed E-state index contributed by atoms with van der Waals surface area (Å²) in [7, 11) is 1.26. The fourth-order valence-electron chi connectivity index (χ4n) is 6.63. The average molecular weight is 648 g/mol. The van der Waals surface area contributed by atoms with Gasteiger partial charge in [0.2, 0.25) is 0 Å². The zero-order valence-electron chi connectivity index (χ0n) is 26.9. The minimum absolute atomic E-state index is 0.0200. The standard InChI is InChI=1S/C19H18N2O5.C18H15NO3/c1-11-8-14(16(21(24)25)9-12(11)2)18(22)20-15-7-5-4-6-13(15)10-17(20)19(23)26-3;1-10-6-13-12(8-16(10)20)9-17(21)15-7-11-4-2-3-5-14(11)19(15)18(13)22/h4-9,17H,10H2,1-3H3;2-6,8,15,20H,7,9H2,1H3/t17-;15-/m00/s1. The zero-order chi connectivity index (χ0) is 34.4. The van der Waals surface area contributed by atoms with Gasteiger partial charge in [-0.3, -0.25) is 34.3 Å². The van der Waals surface area contributed by atoms with Crippen LogP contribution in [0.4, 0.5) is 17.1 Å². The number of hydrogen-bond acceptors (Lipinski definition) is 8. The highest BCUT2D eigenvalue weighted by Crippen LogP contribution is 2.38. The van der Waals surface area contributed by atoms with Crippen molar-refractivity contribution in [2.24, 2.45) is 0 Å². The van der Waals surface area contributed by atoms with Crippen LogP contribution in [0.5, 0.6) is 5.75 Å². The summed E-state index contributed by atoms with van der Waals surface area (Å²) in [4.78, 5) is 64.9. The van der Waals surface area contributed by atoms with Crippen LogP contribution in [0.15, 0.2) is 72.8 Å². The summed E-state index contributed by atoms with van der Waals surface area (Å²) in [5.74, 6) is -1.14. The third kappa shape index (κ3) is 5.46. The van der Waals surface area contributed by atoms with Crippen LogP contribution >= 0.6 is 0 Å². The van der Waals surface area contributed by atoms with Gasteiger partial charge in [-0.2, -0.15) is 0 Å². The number of benzene rings is 4. The molecule has 3 aliphatic heterocycles. The minimum Gasteiger partial charge on any atom is -0.508 e. The average Bonchev–Trinajstić information content (AvgIpc) is 3.63. The molecule has 11 nitrogen and oxygen atoms in total. The highest BCUT2D eigenvalue weighted by molar-refractivity contribution is 6.15. The number of carbonyl (C=O) groups excluding carboxylic acids is 4. The number of hydrogen-bond donors (Lipinski definition) is 1. The van der Waals surface area contributed by atoms with Crippen molar-refractivity contribution in [3.63, 3.8) is 0 Å². The lowest BCUT2D eigenvalue weighted by Crippen LogP contribution is -2.43. The summed E-state index contributed by atoms with van der Waals surface area (Å²) in [6.45, 7) is 5.29. The molecule has 2 atom stereocenters. The molecule has 3 heterocycles. The first-order valence-electron chi connectivity index (χ1n) is 15.4. The number of Topliss-reactive ketones (excluding diaryl/α,β-unsaturated/α-hetero) is 1. The third-order valence-corrected chi connectivity index (χ3v) is 9.29. The van der Waals surface area contributed by atoms with Crippen molar-refractivity contribution in [1.29, 1.82) is 0 Å². The van der Waals surface area contributed by atoms with Crippen molar-refractivity contribution in [2.45, 2.75) is 52.1 Å². The second-order valence-electron chi connectivity index (χ2n) is 12.2. The monoisotopic (exact) mass is 647 g/mol. The first-order chi connectivity index (χ1) is 22.9. The quantitative estimate of drug-likeness (QED) is 0.178. The van der Waals surface area contributed by atoms with E-state index in [1.807, 2.05) is 36.4 Å². The maximum absolute atomic E-state index is 13.2. The fraction of sp³-hybridized carbons (Fsp3) is 0.243. The summed E-state index contributed by atoms with van der Waals surface area (Å²) < 4.78 is 4.84. The number of ether oxygens (including phenoxy) is 1. The van der Waals surface area contributed by atoms with Gasteiger partial charge >= 0.3 is 5.97 Å². The summed E-state index contributed by atoms with van der Waals surface area (Å²) in [5.41, 5.74) is 6.20. The number of ketones is 1. The largest absolute Gasteiger partial charge is 0.508 e. The van der Waals surface area contributed by atoms with E-state index < -0.39 is 28.9 Å². The molecule has 0 unspecified atom stereocenters. The number of para-hydroxylation sites is 2. The molecule has 1 N–H and O–H groups in total. The number of methoxy groups -OCH3 is 1. The maximum atomic E-state index is 13.2. The number of esters is 1. The molecule has 0 saturated carbocycles. The summed E-state index contributed by atoms with van der Waals surface area (Å²) in [6, 6.07) is 19.6. The van der Waals surface area contributed by atoms with Crippen LogP contribution in [0.3, 0.4) is 0 Å². The van der Waals surface area contributed by atoms with Gasteiger partial charge in [0.25, 0.3) is 17.5 Å². The molecule has 0 spiro atoms. The summed E-state index contributed by atoms with van der Waals surface area (Å²) in [5, 5.41) is 21.3. The first kappa shape index (κ1) is 32.1. The van der Waals surface area contributed by atoms with Crippen molar-refractivity contribution in [3.05, 3.63) is 127 Å². The van der Waals surface area contributed by atoms with Crippen LogP contribution in [0.2, 0.25) is 0 Å². The number of carbonyl (C=O) groups is 4. The molecule has 0 aliphatic carbocycles. The number of anilines is 2. The number of fused-ring (bicyclic) bond motifs is 5. The molecule has 0 aromatic heterocycles. The van der Waals surface area contributed by atoms with Gasteiger partial charge in [0.1, 0.15) is 23.4 Å². The molecule has 11 heteroatoms. The Balaban J connectivity index is 0.000000169. The van der Waals surface area contributed by atoms with Gasteiger partial charge in [-0.1, -0.05) is 36.4 Å². The molecule has 0 radical (unpaired) electrons. The Morgan fingerprint density at radius 1 is 0.854 bits per heavy atom.